The Balaban J connectivity index is 1.73. The van der Waals surface area contributed by atoms with Crippen LogP contribution in [-0.4, -0.2) is 23.6 Å². The number of benzene rings is 2. The Morgan fingerprint density at radius 1 is 1.07 bits per heavy atom. The molecule has 2 aromatic carbocycles. The minimum atomic E-state index is -0.703. The van der Waals surface area contributed by atoms with Gasteiger partial charge in [-0.1, -0.05) is 53.2 Å². The van der Waals surface area contributed by atoms with Gasteiger partial charge in [0, 0.05) is 11.3 Å². The van der Waals surface area contributed by atoms with Crippen molar-refractivity contribution < 1.29 is 18.8 Å². The van der Waals surface area contributed by atoms with Crippen molar-refractivity contribution in [3.8, 4) is 11.3 Å². The van der Waals surface area contributed by atoms with Gasteiger partial charge >= 0.3 is 5.97 Å². The zero-order valence-electron chi connectivity index (χ0n) is 15.7. The number of hydrogen-bond acceptors (Lipinski definition) is 5. The van der Waals surface area contributed by atoms with Crippen molar-refractivity contribution in [3.05, 3.63) is 69.9 Å². The van der Waals surface area contributed by atoms with E-state index in [9.17, 15) is 9.59 Å². The number of nitrogens with zero attached hydrogens (tertiary/aromatic N) is 1. The first kappa shape index (κ1) is 19.6. The van der Waals surface area contributed by atoms with Gasteiger partial charge in [0.05, 0.1) is 5.02 Å². The predicted octanol–water partition coefficient (Wildman–Crippen LogP) is 4.72. The molecule has 0 spiro atoms. The molecule has 6 nitrogen and oxygen atoms in total. The van der Waals surface area contributed by atoms with E-state index < -0.39 is 18.5 Å². The smallest absolute Gasteiger partial charge is 0.344 e. The molecule has 0 aliphatic heterocycles. The van der Waals surface area contributed by atoms with E-state index in [1.54, 1.807) is 31.2 Å². The van der Waals surface area contributed by atoms with Gasteiger partial charge in [-0.05, 0) is 38.0 Å². The van der Waals surface area contributed by atoms with Gasteiger partial charge in [-0.15, -0.1) is 0 Å². The minimum Gasteiger partial charge on any atom is -0.452 e. The molecule has 0 unspecified atom stereocenters. The Labute approximate surface area is 167 Å². The molecule has 1 N–H and O–H groups in total. The van der Waals surface area contributed by atoms with Gasteiger partial charge in [-0.3, -0.25) is 4.79 Å². The third kappa shape index (κ3) is 4.07. The summed E-state index contributed by atoms with van der Waals surface area (Å²) < 4.78 is 10.3. The molecule has 0 saturated heterocycles. The number of rotatable bonds is 5. The van der Waals surface area contributed by atoms with Crippen molar-refractivity contribution in [3.63, 3.8) is 0 Å². The lowest BCUT2D eigenvalue weighted by molar-refractivity contribution is -0.119. The largest absolute Gasteiger partial charge is 0.452 e. The van der Waals surface area contributed by atoms with Crippen LogP contribution in [0.5, 0.6) is 0 Å². The van der Waals surface area contributed by atoms with Gasteiger partial charge in [0.25, 0.3) is 5.91 Å². The first-order valence-corrected chi connectivity index (χ1v) is 9.00. The number of hydrogen-bond donors (Lipinski definition) is 1. The van der Waals surface area contributed by atoms with E-state index in [0.29, 0.717) is 16.3 Å². The molecule has 0 aliphatic carbocycles. The van der Waals surface area contributed by atoms with E-state index in [1.165, 1.54) is 0 Å². The van der Waals surface area contributed by atoms with Gasteiger partial charge in [-0.25, -0.2) is 4.79 Å². The number of esters is 1. The van der Waals surface area contributed by atoms with Crippen molar-refractivity contribution in [2.24, 2.45) is 0 Å². The van der Waals surface area contributed by atoms with Gasteiger partial charge in [0.15, 0.2) is 6.61 Å². The molecular weight excluding hydrogens is 380 g/mol. The monoisotopic (exact) mass is 398 g/mol. The molecule has 0 bridgehead atoms. The summed E-state index contributed by atoms with van der Waals surface area (Å²) in [5.74, 6) is -0.848. The summed E-state index contributed by atoms with van der Waals surface area (Å²) in [6, 6.07) is 12.7. The zero-order chi connectivity index (χ0) is 20.3. The topological polar surface area (TPSA) is 81.4 Å². The number of anilines is 1. The van der Waals surface area contributed by atoms with Crippen LogP contribution in [0.15, 0.2) is 47.0 Å². The van der Waals surface area contributed by atoms with Crippen molar-refractivity contribution in [2.75, 3.05) is 11.9 Å². The number of halogens is 1. The molecule has 1 amide bonds. The Morgan fingerprint density at radius 2 is 1.75 bits per heavy atom. The molecule has 0 fully saturated rings. The molecule has 0 radical (unpaired) electrons. The quantitative estimate of drug-likeness (QED) is 0.629. The maximum absolute atomic E-state index is 12.6. The van der Waals surface area contributed by atoms with E-state index >= 15 is 0 Å². The molecule has 28 heavy (non-hydrogen) atoms. The lowest BCUT2D eigenvalue weighted by Crippen LogP contribution is -2.22. The first-order valence-electron chi connectivity index (χ1n) is 8.63. The molecule has 3 rings (SSSR count). The van der Waals surface area contributed by atoms with Crippen LogP contribution in [0.1, 0.15) is 27.2 Å². The zero-order valence-corrected chi connectivity index (χ0v) is 16.5. The summed E-state index contributed by atoms with van der Waals surface area (Å²) in [6.07, 6.45) is 0. The lowest BCUT2D eigenvalue weighted by atomic mass is 10.1. The summed E-state index contributed by atoms with van der Waals surface area (Å²) in [5, 5.41) is 7.13. The number of carbonyl (C=O) groups excluding carboxylic acids is 2. The number of carbonyl (C=O) groups is 2. The van der Waals surface area contributed by atoms with Gasteiger partial charge < -0.3 is 14.6 Å². The third-order valence-electron chi connectivity index (χ3n) is 4.28. The fourth-order valence-electron chi connectivity index (χ4n) is 2.84. The number of para-hydroxylation sites is 1. The van der Waals surface area contributed by atoms with Crippen LogP contribution in [0.2, 0.25) is 5.02 Å². The molecule has 7 heteroatoms. The van der Waals surface area contributed by atoms with E-state index in [0.717, 1.165) is 11.1 Å². The van der Waals surface area contributed by atoms with E-state index in [-0.39, 0.29) is 17.0 Å². The lowest BCUT2D eigenvalue weighted by Gasteiger charge is -2.11. The summed E-state index contributed by atoms with van der Waals surface area (Å²) in [5.41, 5.74) is 3.54. The summed E-state index contributed by atoms with van der Waals surface area (Å²) in [4.78, 5) is 24.8. The van der Waals surface area contributed by atoms with Gasteiger partial charge in [0.2, 0.25) is 0 Å². The average molecular weight is 399 g/mol. The van der Waals surface area contributed by atoms with Crippen LogP contribution in [0.25, 0.3) is 11.3 Å². The fraction of sp³-hybridized carbons (Fsp3) is 0.190. The fourth-order valence-corrected chi connectivity index (χ4v) is 3.07. The highest BCUT2D eigenvalue weighted by Crippen LogP contribution is 2.31. The van der Waals surface area contributed by atoms with Crippen LogP contribution >= 0.6 is 11.6 Å². The first-order chi connectivity index (χ1) is 13.4. The van der Waals surface area contributed by atoms with Crippen molar-refractivity contribution in [2.45, 2.75) is 20.8 Å². The average Bonchev–Trinajstić information content (AvgIpc) is 3.04. The number of nitrogens with one attached hydrogen (secondary N) is 1. The Hall–Kier alpha value is -3.12. The molecule has 0 aliphatic rings. The second kappa shape index (κ2) is 8.27. The normalized spacial score (nSPS) is 10.6. The molecule has 144 valence electrons. The summed E-state index contributed by atoms with van der Waals surface area (Å²) in [6.45, 7) is 4.95. The van der Waals surface area contributed by atoms with Crippen molar-refractivity contribution in [1.82, 2.24) is 5.16 Å². The van der Waals surface area contributed by atoms with E-state index in [4.69, 9.17) is 20.9 Å². The molecule has 0 atom stereocenters. The molecular formula is C21H19ClN2O4. The maximum atomic E-state index is 12.6. The van der Waals surface area contributed by atoms with Crippen LogP contribution in [-0.2, 0) is 9.53 Å². The summed E-state index contributed by atoms with van der Waals surface area (Å²) in [7, 11) is 0. The number of ether oxygens (including phenoxy) is 1. The molecule has 3 aromatic rings. The van der Waals surface area contributed by atoms with Crippen LogP contribution in [0.3, 0.4) is 0 Å². The third-order valence-corrected chi connectivity index (χ3v) is 4.61. The van der Waals surface area contributed by atoms with Crippen molar-refractivity contribution in [1.29, 1.82) is 0 Å². The Bertz CT molecular complexity index is 1020. The van der Waals surface area contributed by atoms with E-state index in [1.807, 2.05) is 32.0 Å². The second-order valence-electron chi connectivity index (χ2n) is 6.33. The van der Waals surface area contributed by atoms with Gasteiger partial charge in [0.1, 0.15) is 17.0 Å². The molecule has 1 heterocycles. The Kier molecular flexibility index (Phi) is 5.80. The highest BCUT2D eigenvalue weighted by molar-refractivity contribution is 6.33. The molecule has 0 saturated carbocycles. The standard InChI is InChI=1S/C21H19ClN2O4/c1-12-7-6-8-13(2)19(12)23-17(25)11-27-21(26)18-14(3)28-24-20(18)15-9-4-5-10-16(15)22/h4-10H,11H2,1-3H3,(H,23,25). The molecule has 1 aromatic heterocycles. The highest BCUT2D eigenvalue weighted by atomic mass is 35.5. The number of aromatic nitrogens is 1. The maximum Gasteiger partial charge on any atom is 0.344 e. The van der Waals surface area contributed by atoms with E-state index in [2.05, 4.69) is 10.5 Å². The SMILES string of the molecule is Cc1cccc(C)c1NC(=O)COC(=O)c1c(-c2ccccc2Cl)noc1C. The second-order valence-corrected chi connectivity index (χ2v) is 6.74. The van der Waals surface area contributed by atoms with Crippen LogP contribution in [0.4, 0.5) is 5.69 Å². The number of aryl methyl sites for hydroxylation is 3. The van der Waals surface area contributed by atoms with Crippen LogP contribution in [0, 0.1) is 20.8 Å². The Morgan fingerprint density at radius 3 is 2.43 bits per heavy atom. The highest BCUT2D eigenvalue weighted by Gasteiger charge is 2.25. The number of amides is 1. The van der Waals surface area contributed by atoms with Crippen molar-refractivity contribution >= 4 is 29.2 Å². The minimum absolute atomic E-state index is 0.146. The van der Waals surface area contributed by atoms with Crippen LogP contribution < -0.4 is 5.32 Å². The summed E-state index contributed by atoms with van der Waals surface area (Å²) >= 11 is 6.19. The predicted molar refractivity (Wildman–Crippen MR) is 107 cm³/mol. The van der Waals surface area contributed by atoms with Gasteiger partial charge in [-0.2, -0.15) is 0 Å².